The van der Waals surface area contributed by atoms with E-state index in [0.29, 0.717) is 37.9 Å². The molecule has 6 rings (SSSR count). The lowest BCUT2D eigenvalue weighted by Gasteiger charge is -2.27. The number of alkyl halides is 2. The molecule has 3 aromatic rings. The number of ketones is 1. The summed E-state index contributed by atoms with van der Waals surface area (Å²) in [5.41, 5.74) is 0.0260. The summed E-state index contributed by atoms with van der Waals surface area (Å²) in [6, 6.07) is 2.02. The Kier molecular flexibility index (Phi) is 5.70. The van der Waals surface area contributed by atoms with E-state index in [1.54, 1.807) is 13.1 Å². The summed E-state index contributed by atoms with van der Waals surface area (Å²) >= 11 is 0. The molecule has 0 unspecified atom stereocenters. The Balaban J connectivity index is 1.23. The number of halogens is 2. The summed E-state index contributed by atoms with van der Waals surface area (Å²) in [4.78, 5) is 31.7. The van der Waals surface area contributed by atoms with Gasteiger partial charge in [-0.2, -0.15) is 10.2 Å². The Morgan fingerprint density at radius 1 is 1.19 bits per heavy atom. The number of anilines is 2. The fourth-order valence-corrected chi connectivity index (χ4v) is 5.65. The zero-order valence-corrected chi connectivity index (χ0v) is 19.8. The first kappa shape index (κ1) is 23.0. The van der Waals surface area contributed by atoms with E-state index in [9.17, 15) is 18.4 Å². The average Bonchev–Trinajstić information content (AvgIpc) is 3.66. The quantitative estimate of drug-likeness (QED) is 0.554. The fraction of sp³-hybridized carbons (Fsp3) is 0.542. The van der Waals surface area contributed by atoms with Gasteiger partial charge in [0.1, 0.15) is 17.2 Å². The average molecular weight is 500 g/mol. The van der Waals surface area contributed by atoms with Gasteiger partial charge in [0.05, 0.1) is 36.7 Å². The number of Topliss-reactive ketones (excluding diaryl/α,β-unsaturated/α-hetero) is 1. The van der Waals surface area contributed by atoms with Crippen LogP contribution in [0, 0.1) is 5.92 Å². The highest BCUT2D eigenvalue weighted by molar-refractivity contribution is 6.08. The second-order valence-electron chi connectivity index (χ2n) is 9.89. The molecule has 2 bridgehead atoms. The smallest absolute Gasteiger partial charge is 0.284 e. The van der Waals surface area contributed by atoms with Crippen LogP contribution < -0.4 is 10.2 Å². The third-order valence-corrected chi connectivity index (χ3v) is 7.65. The predicted octanol–water partition coefficient (Wildman–Crippen LogP) is 3.41. The first-order chi connectivity index (χ1) is 17.4. The lowest BCUT2D eigenvalue weighted by atomic mass is 9.84. The molecule has 2 aliphatic heterocycles. The number of hydrogen-bond acceptors (Lipinski definition) is 7. The Hall–Kier alpha value is -3.41. The first-order valence-electron chi connectivity index (χ1n) is 12.3. The summed E-state index contributed by atoms with van der Waals surface area (Å²) in [5, 5.41) is 10.9. The highest BCUT2D eigenvalue weighted by Gasteiger charge is 2.39. The summed E-state index contributed by atoms with van der Waals surface area (Å²) in [6.45, 7) is 2.99. The number of ether oxygens (including phenoxy) is 1. The molecule has 36 heavy (non-hydrogen) atoms. The minimum Gasteiger partial charge on any atom is -0.374 e. The van der Waals surface area contributed by atoms with Crippen molar-refractivity contribution in [3.63, 3.8) is 0 Å². The second-order valence-corrected chi connectivity index (χ2v) is 9.89. The summed E-state index contributed by atoms with van der Waals surface area (Å²) in [7, 11) is 0. The van der Waals surface area contributed by atoms with Crippen LogP contribution in [0.2, 0.25) is 0 Å². The zero-order valence-electron chi connectivity index (χ0n) is 19.8. The van der Waals surface area contributed by atoms with Gasteiger partial charge in [0.25, 0.3) is 12.3 Å². The molecular weight excluding hydrogens is 472 g/mol. The molecule has 3 aliphatic rings. The van der Waals surface area contributed by atoms with Crippen LogP contribution in [0.4, 0.5) is 20.3 Å². The van der Waals surface area contributed by atoms with Crippen molar-refractivity contribution in [3.8, 4) is 0 Å². The molecule has 2 saturated heterocycles. The highest BCUT2D eigenvalue weighted by atomic mass is 19.3. The number of nitrogens with one attached hydrogen (secondary N) is 1. The number of hydrogen-bond donors (Lipinski definition) is 1. The van der Waals surface area contributed by atoms with Crippen LogP contribution in [0.5, 0.6) is 0 Å². The van der Waals surface area contributed by atoms with Gasteiger partial charge in [-0.3, -0.25) is 14.3 Å². The number of fused-ring (bicyclic) bond motifs is 3. The predicted molar refractivity (Wildman–Crippen MR) is 125 cm³/mol. The van der Waals surface area contributed by atoms with Crippen molar-refractivity contribution in [2.75, 3.05) is 23.4 Å². The van der Waals surface area contributed by atoms with Crippen LogP contribution in [-0.2, 0) is 9.53 Å². The standard InChI is InChI=1S/C24H27F2N7O3/c1-13(34)14-2-4-15(5-3-14)33-11-19(21(30-33)22(25)26)28-24(35)18-9-27-32-7-6-20(29-23(18)32)31-10-17-8-16(31)12-36-17/h6-7,9,11,14-17,22H,2-5,8,10,12H2,1H3,(H,28,35)/t14?,15?,16-,17-/m1/s1. The van der Waals surface area contributed by atoms with Gasteiger partial charge < -0.3 is 15.0 Å². The third kappa shape index (κ3) is 4.02. The molecule has 10 nitrogen and oxygen atoms in total. The molecule has 2 atom stereocenters. The van der Waals surface area contributed by atoms with Gasteiger partial charge in [-0.05, 0) is 45.1 Å². The molecule has 3 fully saturated rings. The maximum atomic E-state index is 13.8. The van der Waals surface area contributed by atoms with Crippen molar-refractivity contribution >= 4 is 28.8 Å². The normalized spacial score (nSPS) is 25.7. The van der Waals surface area contributed by atoms with E-state index < -0.39 is 18.0 Å². The zero-order chi connectivity index (χ0) is 25.0. The first-order valence-corrected chi connectivity index (χ1v) is 12.3. The lowest BCUT2D eigenvalue weighted by molar-refractivity contribution is -0.121. The lowest BCUT2D eigenvalue weighted by Crippen LogP contribution is -2.37. The topological polar surface area (TPSA) is 107 Å². The molecule has 1 N–H and O–H groups in total. The number of rotatable bonds is 6. The molecule has 190 valence electrons. The molecule has 0 radical (unpaired) electrons. The van der Waals surface area contributed by atoms with Crippen LogP contribution in [0.25, 0.3) is 5.65 Å². The number of aromatic nitrogens is 5. The molecule has 5 heterocycles. The minimum atomic E-state index is -2.85. The third-order valence-electron chi connectivity index (χ3n) is 7.65. The maximum absolute atomic E-state index is 13.8. The molecule has 3 aromatic heterocycles. The van der Waals surface area contributed by atoms with Gasteiger partial charge in [-0.1, -0.05) is 0 Å². The van der Waals surface area contributed by atoms with Gasteiger partial charge in [0.2, 0.25) is 0 Å². The molecule has 1 saturated carbocycles. The van der Waals surface area contributed by atoms with Crippen LogP contribution >= 0.6 is 0 Å². The Morgan fingerprint density at radius 3 is 2.67 bits per heavy atom. The van der Waals surface area contributed by atoms with Crippen molar-refractivity contribution < 1.29 is 23.1 Å². The molecule has 1 amide bonds. The van der Waals surface area contributed by atoms with Crippen molar-refractivity contribution in [2.45, 2.75) is 63.6 Å². The van der Waals surface area contributed by atoms with Crippen LogP contribution in [0.1, 0.15) is 67.5 Å². The maximum Gasteiger partial charge on any atom is 0.284 e. The summed E-state index contributed by atoms with van der Waals surface area (Å²) in [5.74, 6) is 0.325. The number of amides is 1. The molecule has 12 heteroatoms. The number of carbonyl (C=O) groups is 2. The minimum absolute atomic E-state index is 0.0156. The van der Waals surface area contributed by atoms with E-state index in [0.717, 1.165) is 18.8 Å². The summed E-state index contributed by atoms with van der Waals surface area (Å²) < 4.78 is 36.3. The van der Waals surface area contributed by atoms with Gasteiger partial charge in [0.15, 0.2) is 11.3 Å². The second kappa shape index (κ2) is 8.91. The van der Waals surface area contributed by atoms with Crippen molar-refractivity contribution in [3.05, 3.63) is 35.9 Å². The van der Waals surface area contributed by atoms with E-state index in [1.807, 2.05) is 6.07 Å². The van der Waals surface area contributed by atoms with Gasteiger partial charge >= 0.3 is 0 Å². The van der Waals surface area contributed by atoms with Crippen molar-refractivity contribution in [1.29, 1.82) is 0 Å². The Morgan fingerprint density at radius 2 is 2.00 bits per heavy atom. The molecule has 0 spiro atoms. The van der Waals surface area contributed by atoms with Crippen molar-refractivity contribution in [2.24, 2.45) is 5.92 Å². The number of morpholine rings is 1. The highest BCUT2D eigenvalue weighted by Crippen LogP contribution is 2.35. The van der Waals surface area contributed by atoms with Gasteiger partial charge in [-0.15, -0.1) is 0 Å². The van der Waals surface area contributed by atoms with Crippen molar-refractivity contribution in [1.82, 2.24) is 24.4 Å². The van der Waals surface area contributed by atoms with Gasteiger partial charge in [0, 0.05) is 24.9 Å². The van der Waals surface area contributed by atoms with E-state index in [2.05, 4.69) is 25.4 Å². The number of carbonyl (C=O) groups excluding carboxylic acids is 2. The van der Waals surface area contributed by atoms with Crippen LogP contribution in [-0.4, -0.2) is 61.4 Å². The largest absolute Gasteiger partial charge is 0.374 e. The SMILES string of the molecule is CC(=O)C1CCC(n2cc(NC(=O)c3cnn4ccc(N5C[C@H]6C[C@@H]5CO6)nc34)c(C(F)F)n2)CC1. The van der Waals surface area contributed by atoms with E-state index >= 15 is 0 Å². The molecule has 0 aromatic carbocycles. The summed E-state index contributed by atoms with van der Waals surface area (Å²) in [6.07, 6.45) is 5.63. The fourth-order valence-electron chi connectivity index (χ4n) is 5.65. The number of nitrogens with zero attached hydrogens (tertiary/aromatic N) is 6. The molecule has 1 aliphatic carbocycles. The van der Waals surface area contributed by atoms with E-state index in [4.69, 9.17) is 4.74 Å². The molecular formula is C24H27F2N7O3. The monoisotopic (exact) mass is 499 g/mol. The van der Waals surface area contributed by atoms with E-state index in [-0.39, 0.29) is 41.1 Å². The Bertz CT molecular complexity index is 1310. The Labute approximate surface area is 205 Å². The van der Waals surface area contributed by atoms with Crippen LogP contribution in [0.15, 0.2) is 24.7 Å². The van der Waals surface area contributed by atoms with Crippen LogP contribution in [0.3, 0.4) is 0 Å². The van der Waals surface area contributed by atoms with E-state index in [1.165, 1.54) is 21.6 Å². The van der Waals surface area contributed by atoms with Gasteiger partial charge in [-0.25, -0.2) is 18.3 Å².